The van der Waals surface area contributed by atoms with Crippen molar-refractivity contribution >= 4 is 17.9 Å². The van der Waals surface area contributed by atoms with E-state index in [2.05, 4.69) is 10.6 Å². The van der Waals surface area contributed by atoms with E-state index in [4.69, 9.17) is 5.11 Å². The number of carbonyl (C=O) groups is 3. The number of likely N-dealkylation sites (N-methyl/N-ethyl adjacent to an activating group) is 2. The van der Waals surface area contributed by atoms with Gasteiger partial charge >= 0.3 is 12.0 Å². The molecule has 3 N–H and O–H groups in total. The minimum Gasteiger partial charge on any atom is -0.480 e. The molecule has 0 aliphatic carbocycles. The number of carboxylic acids is 1. The number of carboxylic acid groups (broad SMARTS) is 1. The van der Waals surface area contributed by atoms with Gasteiger partial charge in [0, 0.05) is 14.1 Å². The van der Waals surface area contributed by atoms with E-state index in [0.717, 1.165) is 4.90 Å². The lowest BCUT2D eigenvalue weighted by molar-refractivity contribution is -0.141. The molecule has 15 heavy (non-hydrogen) atoms. The fourth-order valence-electron chi connectivity index (χ4n) is 0.711. The fourth-order valence-corrected chi connectivity index (χ4v) is 0.711. The number of nitrogens with one attached hydrogen (secondary N) is 2. The van der Waals surface area contributed by atoms with Crippen LogP contribution in [0.4, 0.5) is 4.79 Å². The number of hydrogen-bond donors (Lipinski definition) is 3. The summed E-state index contributed by atoms with van der Waals surface area (Å²) in [7, 11) is 2.79. The lowest BCUT2D eigenvalue weighted by Crippen LogP contribution is -2.47. The lowest BCUT2D eigenvalue weighted by Gasteiger charge is -2.21. The number of amides is 3. The second-order valence-electron chi connectivity index (χ2n) is 2.96. The third-order valence-corrected chi connectivity index (χ3v) is 1.94. The molecule has 0 aromatic rings. The normalized spacial score (nSPS) is 11.4. The Labute approximate surface area is 87.4 Å². The highest BCUT2D eigenvalue weighted by molar-refractivity contribution is 5.86. The van der Waals surface area contributed by atoms with Gasteiger partial charge in [0.15, 0.2) is 0 Å². The van der Waals surface area contributed by atoms with Gasteiger partial charge in [0.2, 0.25) is 5.91 Å². The lowest BCUT2D eigenvalue weighted by atomic mass is 10.3. The van der Waals surface area contributed by atoms with Crippen molar-refractivity contribution in [2.45, 2.75) is 13.0 Å². The molecule has 0 aromatic heterocycles. The predicted octanol–water partition coefficient (Wildman–Crippen LogP) is -1.15. The summed E-state index contributed by atoms with van der Waals surface area (Å²) in [5.74, 6) is -1.45. The van der Waals surface area contributed by atoms with Crippen molar-refractivity contribution in [1.29, 1.82) is 0 Å². The van der Waals surface area contributed by atoms with Crippen LogP contribution in [0, 0.1) is 0 Å². The molecule has 0 spiro atoms. The Morgan fingerprint density at radius 2 is 1.93 bits per heavy atom. The Hall–Kier alpha value is -1.79. The van der Waals surface area contributed by atoms with E-state index in [1.807, 2.05) is 0 Å². The van der Waals surface area contributed by atoms with Crippen LogP contribution in [0.15, 0.2) is 0 Å². The first kappa shape index (κ1) is 13.2. The molecule has 0 rings (SSSR count). The SMILES string of the molecule is CNC(=O)CNC(=O)N(C)C(C)C(=O)O. The number of urea groups is 1. The molecule has 0 heterocycles. The Morgan fingerprint density at radius 1 is 1.40 bits per heavy atom. The van der Waals surface area contributed by atoms with Crippen molar-refractivity contribution in [2.24, 2.45) is 0 Å². The summed E-state index contributed by atoms with van der Waals surface area (Å²) in [6.45, 7) is 1.20. The molecule has 0 aliphatic rings. The monoisotopic (exact) mass is 217 g/mol. The Balaban J connectivity index is 4.10. The highest BCUT2D eigenvalue weighted by Gasteiger charge is 2.21. The average molecular weight is 217 g/mol. The van der Waals surface area contributed by atoms with Crippen molar-refractivity contribution < 1.29 is 19.5 Å². The standard InChI is InChI=1S/C8H15N3O4/c1-5(7(13)14)11(3)8(15)10-4-6(12)9-2/h5H,4H2,1-3H3,(H,9,12)(H,10,15)(H,13,14). The molecule has 0 saturated carbocycles. The largest absolute Gasteiger partial charge is 0.480 e. The summed E-state index contributed by atoms with van der Waals surface area (Å²) < 4.78 is 0. The average Bonchev–Trinajstić information content (AvgIpc) is 2.22. The van der Waals surface area contributed by atoms with Crippen LogP contribution in [0.1, 0.15) is 6.92 Å². The quantitative estimate of drug-likeness (QED) is 0.553. The molecular formula is C8H15N3O4. The molecule has 7 nitrogen and oxygen atoms in total. The summed E-state index contributed by atoms with van der Waals surface area (Å²) in [5, 5.41) is 13.2. The summed E-state index contributed by atoms with van der Waals surface area (Å²) in [4.78, 5) is 33.6. The zero-order chi connectivity index (χ0) is 12.0. The van der Waals surface area contributed by atoms with E-state index in [1.165, 1.54) is 21.0 Å². The molecular weight excluding hydrogens is 202 g/mol. The second kappa shape index (κ2) is 5.84. The smallest absolute Gasteiger partial charge is 0.326 e. The van der Waals surface area contributed by atoms with Crippen LogP contribution in [0.3, 0.4) is 0 Å². The molecule has 0 aromatic carbocycles. The molecule has 86 valence electrons. The second-order valence-corrected chi connectivity index (χ2v) is 2.96. The summed E-state index contributed by atoms with van der Waals surface area (Å²) in [5.41, 5.74) is 0. The van der Waals surface area contributed by atoms with E-state index >= 15 is 0 Å². The van der Waals surface area contributed by atoms with Crippen LogP contribution in [-0.4, -0.2) is 54.6 Å². The molecule has 0 saturated heterocycles. The van der Waals surface area contributed by atoms with E-state index in [-0.39, 0.29) is 12.5 Å². The first-order valence-electron chi connectivity index (χ1n) is 4.34. The first-order chi connectivity index (χ1) is 6.90. The van der Waals surface area contributed by atoms with Gasteiger partial charge in [-0.25, -0.2) is 9.59 Å². The zero-order valence-electron chi connectivity index (χ0n) is 8.90. The first-order valence-corrected chi connectivity index (χ1v) is 4.34. The topological polar surface area (TPSA) is 98.7 Å². The van der Waals surface area contributed by atoms with Crippen LogP contribution in [0.2, 0.25) is 0 Å². The van der Waals surface area contributed by atoms with Crippen molar-refractivity contribution in [1.82, 2.24) is 15.5 Å². The van der Waals surface area contributed by atoms with Crippen molar-refractivity contribution in [2.75, 3.05) is 20.6 Å². The maximum atomic E-state index is 11.3. The highest BCUT2D eigenvalue weighted by Crippen LogP contribution is 1.95. The Morgan fingerprint density at radius 3 is 2.33 bits per heavy atom. The number of carbonyl (C=O) groups excluding carboxylic acids is 2. The van der Waals surface area contributed by atoms with Crippen LogP contribution < -0.4 is 10.6 Å². The van der Waals surface area contributed by atoms with E-state index < -0.39 is 18.0 Å². The molecule has 0 aliphatic heterocycles. The van der Waals surface area contributed by atoms with Gasteiger partial charge in [-0.15, -0.1) is 0 Å². The van der Waals surface area contributed by atoms with Crippen LogP contribution in [0.25, 0.3) is 0 Å². The molecule has 1 atom stereocenters. The van der Waals surface area contributed by atoms with E-state index in [0.29, 0.717) is 0 Å². The van der Waals surface area contributed by atoms with E-state index in [1.54, 1.807) is 0 Å². The maximum Gasteiger partial charge on any atom is 0.326 e. The molecule has 0 fully saturated rings. The highest BCUT2D eigenvalue weighted by atomic mass is 16.4. The molecule has 1 unspecified atom stereocenters. The Bertz CT molecular complexity index is 267. The third kappa shape index (κ3) is 4.30. The van der Waals surface area contributed by atoms with Crippen molar-refractivity contribution in [3.05, 3.63) is 0 Å². The van der Waals surface area contributed by atoms with Crippen LogP contribution in [-0.2, 0) is 9.59 Å². The fraction of sp³-hybridized carbons (Fsp3) is 0.625. The summed E-state index contributed by atoms with van der Waals surface area (Å²) >= 11 is 0. The van der Waals surface area contributed by atoms with Crippen molar-refractivity contribution in [3.8, 4) is 0 Å². The number of nitrogens with zero attached hydrogens (tertiary/aromatic N) is 1. The minimum atomic E-state index is -1.10. The molecule has 0 bridgehead atoms. The van der Waals surface area contributed by atoms with Gasteiger partial charge in [-0.05, 0) is 6.92 Å². The predicted molar refractivity (Wildman–Crippen MR) is 52.3 cm³/mol. The minimum absolute atomic E-state index is 0.175. The van der Waals surface area contributed by atoms with Gasteiger partial charge in [-0.1, -0.05) is 0 Å². The van der Waals surface area contributed by atoms with Gasteiger partial charge in [0.05, 0.1) is 6.54 Å². The Kier molecular flexibility index (Phi) is 5.14. The van der Waals surface area contributed by atoms with Crippen LogP contribution >= 0.6 is 0 Å². The summed E-state index contributed by atoms with van der Waals surface area (Å²) in [6, 6.07) is -1.54. The number of hydrogen-bond acceptors (Lipinski definition) is 3. The van der Waals surface area contributed by atoms with Gasteiger partial charge < -0.3 is 20.6 Å². The molecule has 0 radical (unpaired) electrons. The maximum absolute atomic E-state index is 11.3. The van der Waals surface area contributed by atoms with Crippen molar-refractivity contribution in [3.63, 3.8) is 0 Å². The zero-order valence-corrected chi connectivity index (χ0v) is 8.90. The molecule has 7 heteroatoms. The number of aliphatic carboxylic acids is 1. The van der Waals surface area contributed by atoms with Gasteiger partial charge in [-0.3, -0.25) is 4.79 Å². The van der Waals surface area contributed by atoms with Crippen LogP contribution in [0.5, 0.6) is 0 Å². The molecule has 3 amide bonds. The number of rotatable bonds is 4. The third-order valence-electron chi connectivity index (χ3n) is 1.94. The van der Waals surface area contributed by atoms with E-state index in [9.17, 15) is 14.4 Å². The van der Waals surface area contributed by atoms with Gasteiger partial charge in [-0.2, -0.15) is 0 Å². The summed E-state index contributed by atoms with van der Waals surface area (Å²) in [6.07, 6.45) is 0. The van der Waals surface area contributed by atoms with Gasteiger partial charge in [0.1, 0.15) is 6.04 Å². The van der Waals surface area contributed by atoms with Gasteiger partial charge in [0.25, 0.3) is 0 Å².